The molecule has 0 spiro atoms. The second kappa shape index (κ2) is 9.20. The molecule has 0 saturated carbocycles. The number of carbonyl (C=O) groups excluding carboxylic acids is 1. The first-order valence-corrected chi connectivity index (χ1v) is 11.1. The maximum Gasteiger partial charge on any atom is 0.256 e. The van der Waals surface area contributed by atoms with Gasteiger partial charge < -0.3 is 10.2 Å². The minimum absolute atomic E-state index is 0.203. The fourth-order valence-corrected chi connectivity index (χ4v) is 4.14. The Hall–Kier alpha value is -4.06. The first kappa shape index (κ1) is 20.8. The van der Waals surface area contributed by atoms with Crippen molar-refractivity contribution in [3.8, 4) is 11.4 Å². The molecule has 164 valence electrons. The van der Waals surface area contributed by atoms with Crippen molar-refractivity contribution in [2.75, 3.05) is 11.4 Å². The third-order valence-electron chi connectivity index (χ3n) is 5.88. The molecule has 0 radical (unpaired) electrons. The van der Waals surface area contributed by atoms with E-state index in [0.717, 1.165) is 29.8 Å². The number of anilines is 1. The molecule has 4 aromatic rings. The lowest BCUT2D eigenvalue weighted by Gasteiger charge is -2.31. The van der Waals surface area contributed by atoms with Gasteiger partial charge in [-0.05, 0) is 42.7 Å². The van der Waals surface area contributed by atoms with Crippen LogP contribution in [-0.4, -0.2) is 27.4 Å². The van der Waals surface area contributed by atoms with Gasteiger partial charge in [-0.1, -0.05) is 54.1 Å². The minimum atomic E-state index is -0.203. The van der Waals surface area contributed by atoms with Crippen LogP contribution >= 0.6 is 0 Å². The van der Waals surface area contributed by atoms with E-state index < -0.39 is 0 Å². The lowest BCUT2D eigenvalue weighted by Crippen LogP contribution is -2.34. The van der Waals surface area contributed by atoms with Gasteiger partial charge in [0.05, 0.1) is 12.2 Å². The smallest absolute Gasteiger partial charge is 0.256 e. The van der Waals surface area contributed by atoms with Crippen LogP contribution in [0.4, 0.5) is 5.82 Å². The highest BCUT2D eigenvalue weighted by molar-refractivity contribution is 5.99. The first-order valence-electron chi connectivity index (χ1n) is 11.1. The van der Waals surface area contributed by atoms with Crippen molar-refractivity contribution in [1.82, 2.24) is 20.3 Å². The highest BCUT2D eigenvalue weighted by atomic mass is 16.1. The van der Waals surface area contributed by atoms with Gasteiger partial charge in [0, 0.05) is 31.0 Å². The maximum absolute atomic E-state index is 13.2. The Kier molecular flexibility index (Phi) is 5.81. The molecule has 0 saturated heterocycles. The molecule has 0 fully saturated rings. The van der Waals surface area contributed by atoms with Crippen molar-refractivity contribution >= 4 is 11.7 Å². The third-order valence-corrected chi connectivity index (χ3v) is 5.88. The molecular formula is C27H25N5O. The van der Waals surface area contributed by atoms with Crippen LogP contribution in [0.1, 0.15) is 32.7 Å². The van der Waals surface area contributed by atoms with Crippen molar-refractivity contribution in [2.45, 2.75) is 26.4 Å². The molecule has 0 unspecified atom stereocenters. The Morgan fingerprint density at radius 2 is 1.85 bits per heavy atom. The van der Waals surface area contributed by atoms with E-state index in [1.165, 1.54) is 11.1 Å². The van der Waals surface area contributed by atoms with Gasteiger partial charge in [0.25, 0.3) is 5.91 Å². The summed E-state index contributed by atoms with van der Waals surface area (Å²) in [7, 11) is 0. The minimum Gasteiger partial charge on any atom is -0.351 e. The molecule has 6 heteroatoms. The van der Waals surface area contributed by atoms with Crippen LogP contribution in [0.3, 0.4) is 0 Å². The number of hydrogen-bond acceptors (Lipinski definition) is 5. The monoisotopic (exact) mass is 435 g/mol. The molecular weight excluding hydrogens is 410 g/mol. The highest BCUT2D eigenvalue weighted by Crippen LogP contribution is 2.28. The number of pyridine rings is 1. The summed E-state index contributed by atoms with van der Waals surface area (Å²) in [4.78, 5) is 29.1. The summed E-state index contributed by atoms with van der Waals surface area (Å²) in [5, 5.41) is 2.97. The van der Waals surface area contributed by atoms with Gasteiger partial charge in [-0.3, -0.25) is 9.78 Å². The first-order chi connectivity index (χ1) is 16.2. The summed E-state index contributed by atoms with van der Waals surface area (Å²) in [6, 6.07) is 22.2. The van der Waals surface area contributed by atoms with Crippen molar-refractivity contribution in [3.05, 3.63) is 107 Å². The number of fused-ring (bicyclic) bond motifs is 1. The summed E-state index contributed by atoms with van der Waals surface area (Å²) < 4.78 is 0. The molecule has 33 heavy (non-hydrogen) atoms. The van der Waals surface area contributed by atoms with Crippen LogP contribution in [-0.2, 0) is 19.5 Å². The summed E-state index contributed by atoms with van der Waals surface area (Å²) in [5.74, 6) is 1.08. The van der Waals surface area contributed by atoms with E-state index in [1.807, 2.05) is 43.3 Å². The molecule has 2 aromatic heterocycles. The molecule has 0 aliphatic carbocycles. The molecule has 3 heterocycles. The molecule has 1 aliphatic rings. The summed E-state index contributed by atoms with van der Waals surface area (Å²) >= 11 is 0. The SMILES string of the molecule is Cc1cccc(-c2ncc(C(=O)NCc3ccccn3)c(N3CCc4ccccc4C3)n2)c1. The quantitative estimate of drug-likeness (QED) is 0.505. The number of nitrogens with one attached hydrogen (secondary N) is 1. The van der Waals surface area contributed by atoms with Gasteiger partial charge in [0.1, 0.15) is 11.4 Å². The Morgan fingerprint density at radius 1 is 1.00 bits per heavy atom. The predicted molar refractivity (Wildman–Crippen MR) is 129 cm³/mol. The van der Waals surface area contributed by atoms with Crippen molar-refractivity contribution < 1.29 is 4.79 Å². The largest absolute Gasteiger partial charge is 0.351 e. The van der Waals surface area contributed by atoms with E-state index in [4.69, 9.17) is 4.98 Å². The van der Waals surface area contributed by atoms with E-state index in [2.05, 4.69) is 50.5 Å². The number of amides is 1. The number of nitrogens with zero attached hydrogens (tertiary/aromatic N) is 4. The van der Waals surface area contributed by atoms with E-state index in [1.54, 1.807) is 12.4 Å². The van der Waals surface area contributed by atoms with Gasteiger partial charge in [-0.25, -0.2) is 9.97 Å². The zero-order valence-corrected chi connectivity index (χ0v) is 18.5. The zero-order chi connectivity index (χ0) is 22.6. The van der Waals surface area contributed by atoms with E-state index in [-0.39, 0.29) is 5.91 Å². The van der Waals surface area contributed by atoms with E-state index in [9.17, 15) is 4.79 Å². The van der Waals surface area contributed by atoms with Crippen LogP contribution < -0.4 is 10.2 Å². The van der Waals surface area contributed by atoms with Crippen LogP contribution in [0, 0.1) is 6.92 Å². The van der Waals surface area contributed by atoms with Crippen LogP contribution in [0.2, 0.25) is 0 Å². The van der Waals surface area contributed by atoms with Gasteiger partial charge in [-0.2, -0.15) is 0 Å². The average Bonchev–Trinajstić information content (AvgIpc) is 2.87. The number of carbonyl (C=O) groups is 1. The average molecular weight is 436 g/mol. The molecule has 0 bridgehead atoms. The number of rotatable bonds is 5. The number of aryl methyl sites for hydroxylation is 1. The Balaban J connectivity index is 1.49. The maximum atomic E-state index is 13.2. The van der Waals surface area contributed by atoms with Crippen LogP contribution in [0.5, 0.6) is 0 Å². The third kappa shape index (κ3) is 4.60. The topological polar surface area (TPSA) is 71.0 Å². The fraction of sp³-hybridized carbons (Fsp3) is 0.185. The number of benzene rings is 2. The molecule has 1 amide bonds. The zero-order valence-electron chi connectivity index (χ0n) is 18.5. The Labute approximate surface area is 193 Å². The lowest BCUT2D eigenvalue weighted by atomic mass is 9.99. The van der Waals surface area contributed by atoms with Crippen LogP contribution in [0.25, 0.3) is 11.4 Å². The van der Waals surface area contributed by atoms with Crippen molar-refractivity contribution in [3.63, 3.8) is 0 Å². The second-order valence-electron chi connectivity index (χ2n) is 8.24. The number of hydrogen-bond donors (Lipinski definition) is 1. The van der Waals surface area contributed by atoms with E-state index in [0.29, 0.717) is 30.3 Å². The Bertz CT molecular complexity index is 1290. The van der Waals surface area contributed by atoms with Crippen molar-refractivity contribution in [1.29, 1.82) is 0 Å². The van der Waals surface area contributed by atoms with Gasteiger partial charge in [0.2, 0.25) is 0 Å². The lowest BCUT2D eigenvalue weighted by molar-refractivity contribution is 0.0950. The van der Waals surface area contributed by atoms with Crippen LogP contribution in [0.15, 0.2) is 79.1 Å². The second-order valence-corrected chi connectivity index (χ2v) is 8.24. The summed E-state index contributed by atoms with van der Waals surface area (Å²) in [6.45, 7) is 3.90. The molecule has 6 nitrogen and oxygen atoms in total. The van der Waals surface area contributed by atoms with Gasteiger partial charge in [-0.15, -0.1) is 0 Å². The molecule has 0 atom stereocenters. The van der Waals surface area contributed by atoms with Gasteiger partial charge in [0.15, 0.2) is 5.82 Å². The fourth-order valence-electron chi connectivity index (χ4n) is 4.14. The molecule has 1 N–H and O–H groups in total. The van der Waals surface area contributed by atoms with E-state index >= 15 is 0 Å². The standard InChI is InChI=1S/C27H25N5O/c1-19-7-6-10-21(15-19)25-29-17-24(27(33)30-16-23-11-4-5-13-28-23)26(31-25)32-14-12-20-8-2-3-9-22(20)18-32/h2-11,13,15,17H,12,14,16,18H2,1H3,(H,30,33). The van der Waals surface area contributed by atoms with Gasteiger partial charge >= 0.3 is 0 Å². The predicted octanol–water partition coefficient (Wildman–Crippen LogP) is 4.34. The number of aromatic nitrogens is 3. The molecule has 1 aliphatic heterocycles. The molecule has 2 aromatic carbocycles. The Morgan fingerprint density at radius 3 is 2.67 bits per heavy atom. The summed E-state index contributed by atoms with van der Waals surface area (Å²) in [5.41, 5.74) is 5.97. The normalized spacial score (nSPS) is 12.8. The highest BCUT2D eigenvalue weighted by Gasteiger charge is 2.24. The van der Waals surface area contributed by atoms with Crippen molar-refractivity contribution in [2.24, 2.45) is 0 Å². The summed E-state index contributed by atoms with van der Waals surface area (Å²) in [6.07, 6.45) is 4.28. The molecule has 5 rings (SSSR count).